The van der Waals surface area contributed by atoms with Crippen molar-refractivity contribution >= 4 is 10.8 Å². The van der Waals surface area contributed by atoms with E-state index in [0.29, 0.717) is 5.92 Å². The Morgan fingerprint density at radius 1 is 0.947 bits per heavy atom. The molecule has 0 amide bonds. The molecule has 0 nitrogen and oxygen atoms in total. The standard InChI is InChI=1S/C19H25/c1-3-5-6-7-11-16(4-2)18-15-10-13-17-12-8-9-14-19(17)18/h8-10,12-16H,2-7,11H2,1H3. The Labute approximate surface area is 117 Å². The van der Waals surface area contributed by atoms with E-state index in [2.05, 4.69) is 56.3 Å². The van der Waals surface area contributed by atoms with Gasteiger partial charge in [-0.25, -0.2) is 0 Å². The highest BCUT2D eigenvalue weighted by Gasteiger charge is 2.11. The van der Waals surface area contributed by atoms with Crippen molar-refractivity contribution in [2.45, 2.75) is 51.4 Å². The predicted molar refractivity (Wildman–Crippen MR) is 85.4 cm³/mol. The zero-order valence-electron chi connectivity index (χ0n) is 12.1. The Hall–Kier alpha value is -1.30. The lowest BCUT2D eigenvalue weighted by Crippen LogP contribution is -1.99. The number of hydrogen-bond acceptors (Lipinski definition) is 0. The minimum atomic E-state index is 0.614. The first-order valence-corrected chi connectivity index (χ1v) is 7.63. The highest BCUT2D eigenvalue weighted by molar-refractivity contribution is 5.86. The van der Waals surface area contributed by atoms with Crippen molar-refractivity contribution < 1.29 is 0 Å². The first-order chi connectivity index (χ1) is 9.36. The molecule has 0 aliphatic heterocycles. The van der Waals surface area contributed by atoms with Crippen LogP contribution in [0.2, 0.25) is 0 Å². The van der Waals surface area contributed by atoms with Crippen molar-refractivity contribution in [3.63, 3.8) is 0 Å². The smallest absolute Gasteiger partial charge is 0.0149 e. The molecule has 0 bridgehead atoms. The molecular formula is C19H25. The molecule has 1 unspecified atom stereocenters. The number of benzene rings is 2. The quantitative estimate of drug-likeness (QED) is 0.521. The predicted octanol–water partition coefficient (Wildman–Crippen LogP) is 6.12. The summed E-state index contributed by atoms with van der Waals surface area (Å²) in [5.41, 5.74) is 1.49. The fraction of sp³-hybridized carbons (Fsp3) is 0.421. The summed E-state index contributed by atoms with van der Waals surface area (Å²) in [6.45, 7) is 6.44. The van der Waals surface area contributed by atoms with Gasteiger partial charge in [-0.15, -0.1) is 0 Å². The van der Waals surface area contributed by atoms with Crippen molar-refractivity contribution in [3.8, 4) is 0 Å². The van der Waals surface area contributed by atoms with Crippen LogP contribution in [0.25, 0.3) is 10.8 Å². The monoisotopic (exact) mass is 253 g/mol. The van der Waals surface area contributed by atoms with Gasteiger partial charge in [-0.1, -0.05) is 82.0 Å². The van der Waals surface area contributed by atoms with Gasteiger partial charge in [0.05, 0.1) is 0 Å². The largest absolute Gasteiger partial charge is 0.0654 e. The van der Waals surface area contributed by atoms with Gasteiger partial charge in [-0.05, 0) is 35.1 Å². The molecule has 0 aromatic heterocycles. The van der Waals surface area contributed by atoms with E-state index in [1.807, 2.05) is 0 Å². The van der Waals surface area contributed by atoms with Crippen molar-refractivity contribution in [2.24, 2.45) is 0 Å². The van der Waals surface area contributed by atoms with Gasteiger partial charge in [0.1, 0.15) is 0 Å². The van der Waals surface area contributed by atoms with E-state index in [4.69, 9.17) is 0 Å². The molecule has 0 spiro atoms. The van der Waals surface area contributed by atoms with E-state index >= 15 is 0 Å². The van der Waals surface area contributed by atoms with Crippen molar-refractivity contribution in [2.75, 3.05) is 0 Å². The zero-order chi connectivity index (χ0) is 13.5. The van der Waals surface area contributed by atoms with Gasteiger partial charge in [0, 0.05) is 0 Å². The van der Waals surface area contributed by atoms with Gasteiger partial charge >= 0.3 is 0 Å². The van der Waals surface area contributed by atoms with Crippen LogP contribution < -0.4 is 0 Å². The molecule has 2 aromatic rings. The Kier molecular flexibility index (Phi) is 5.44. The number of fused-ring (bicyclic) bond motifs is 1. The molecule has 0 heteroatoms. The number of unbranched alkanes of at least 4 members (excludes halogenated alkanes) is 3. The minimum Gasteiger partial charge on any atom is -0.0654 e. The SMILES string of the molecule is [CH2]CC(CCCCCC)c1cccc2ccccc12. The molecule has 1 radical (unpaired) electrons. The second-order valence-electron chi connectivity index (χ2n) is 5.40. The molecule has 0 fully saturated rings. The van der Waals surface area contributed by atoms with Crippen LogP contribution >= 0.6 is 0 Å². The van der Waals surface area contributed by atoms with Crippen LogP contribution in [0.4, 0.5) is 0 Å². The average Bonchev–Trinajstić information content (AvgIpc) is 2.47. The van der Waals surface area contributed by atoms with E-state index in [-0.39, 0.29) is 0 Å². The molecule has 0 saturated carbocycles. The second-order valence-corrected chi connectivity index (χ2v) is 5.40. The fourth-order valence-electron chi connectivity index (χ4n) is 2.88. The molecule has 0 N–H and O–H groups in total. The Morgan fingerprint density at radius 2 is 1.74 bits per heavy atom. The van der Waals surface area contributed by atoms with Crippen LogP contribution in [0.5, 0.6) is 0 Å². The molecule has 19 heavy (non-hydrogen) atoms. The normalized spacial score (nSPS) is 12.7. The maximum absolute atomic E-state index is 4.17. The molecule has 0 aliphatic rings. The van der Waals surface area contributed by atoms with E-state index in [1.165, 1.54) is 48.4 Å². The van der Waals surface area contributed by atoms with Crippen molar-refractivity contribution in [1.82, 2.24) is 0 Å². The lowest BCUT2D eigenvalue weighted by Gasteiger charge is -2.17. The summed E-state index contributed by atoms with van der Waals surface area (Å²) in [5.74, 6) is 0.614. The summed E-state index contributed by atoms with van der Waals surface area (Å²) in [7, 11) is 0. The van der Waals surface area contributed by atoms with Crippen LogP contribution in [-0.4, -0.2) is 0 Å². The third kappa shape index (κ3) is 3.59. The van der Waals surface area contributed by atoms with E-state index in [0.717, 1.165) is 6.42 Å². The fourth-order valence-corrected chi connectivity index (χ4v) is 2.88. The average molecular weight is 253 g/mol. The summed E-state index contributed by atoms with van der Waals surface area (Å²) in [6.07, 6.45) is 7.63. The summed E-state index contributed by atoms with van der Waals surface area (Å²) >= 11 is 0. The van der Waals surface area contributed by atoms with Crippen molar-refractivity contribution in [3.05, 3.63) is 55.0 Å². The molecule has 1 atom stereocenters. The zero-order valence-corrected chi connectivity index (χ0v) is 12.1. The summed E-state index contributed by atoms with van der Waals surface area (Å²) in [4.78, 5) is 0. The number of rotatable bonds is 7. The van der Waals surface area contributed by atoms with E-state index in [9.17, 15) is 0 Å². The Morgan fingerprint density at radius 3 is 2.53 bits per heavy atom. The lowest BCUT2D eigenvalue weighted by atomic mass is 9.87. The Bertz CT molecular complexity index is 493. The van der Waals surface area contributed by atoms with E-state index < -0.39 is 0 Å². The molecule has 0 saturated heterocycles. The van der Waals surface area contributed by atoms with Crippen LogP contribution in [0.15, 0.2) is 42.5 Å². The summed E-state index contributed by atoms with van der Waals surface area (Å²) in [5, 5.41) is 2.76. The molecule has 101 valence electrons. The molecule has 0 aliphatic carbocycles. The van der Waals surface area contributed by atoms with E-state index in [1.54, 1.807) is 0 Å². The van der Waals surface area contributed by atoms with Crippen LogP contribution in [-0.2, 0) is 0 Å². The van der Waals surface area contributed by atoms with Gasteiger partial charge in [0.2, 0.25) is 0 Å². The maximum atomic E-state index is 4.17. The Balaban J connectivity index is 2.16. The minimum absolute atomic E-state index is 0.614. The first-order valence-electron chi connectivity index (χ1n) is 7.63. The van der Waals surface area contributed by atoms with Gasteiger partial charge in [0.15, 0.2) is 0 Å². The summed E-state index contributed by atoms with van der Waals surface area (Å²) < 4.78 is 0. The third-order valence-electron chi connectivity index (χ3n) is 4.02. The lowest BCUT2D eigenvalue weighted by molar-refractivity contribution is 0.558. The first kappa shape index (κ1) is 14.1. The third-order valence-corrected chi connectivity index (χ3v) is 4.02. The molecule has 2 rings (SSSR count). The van der Waals surface area contributed by atoms with Gasteiger partial charge < -0.3 is 0 Å². The molecular weight excluding hydrogens is 228 g/mol. The highest BCUT2D eigenvalue weighted by Crippen LogP contribution is 2.31. The van der Waals surface area contributed by atoms with Gasteiger partial charge in [-0.2, -0.15) is 0 Å². The second kappa shape index (κ2) is 7.33. The van der Waals surface area contributed by atoms with Crippen LogP contribution in [0, 0.1) is 6.92 Å². The van der Waals surface area contributed by atoms with Crippen LogP contribution in [0.3, 0.4) is 0 Å². The molecule has 0 heterocycles. The van der Waals surface area contributed by atoms with Crippen LogP contribution in [0.1, 0.15) is 56.9 Å². The topological polar surface area (TPSA) is 0 Å². The highest BCUT2D eigenvalue weighted by atomic mass is 14.2. The van der Waals surface area contributed by atoms with Gasteiger partial charge in [-0.3, -0.25) is 0 Å². The summed E-state index contributed by atoms with van der Waals surface area (Å²) in [6, 6.07) is 15.4. The maximum Gasteiger partial charge on any atom is -0.0149 e. The van der Waals surface area contributed by atoms with Gasteiger partial charge in [0.25, 0.3) is 0 Å². The molecule has 2 aromatic carbocycles. The number of hydrogen-bond donors (Lipinski definition) is 0. The van der Waals surface area contributed by atoms with Crippen molar-refractivity contribution in [1.29, 1.82) is 0 Å².